The molecule has 0 aromatic heterocycles. The maximum atomic E-state index is 10.6. The largest absolute Gasteiger partial charge is 0.356 e. The summed E-state index contributed by atoms with van der Waals surface area (Å²) in [5, 5.41) is 17.2. The maximum Gasteiger partial charge on any atom is 0.269 e. The third kappa shape index (κ3) is 9.37. The van der Waals surface area contributed by atoms with Crippen LogP contribution < -0.4 is 10.6 Å². The number of guanidine groups is 1. The van der Waals surface area contributed by atoms with Crippen LogP contribution in [0.2, 0.25) is 0 Å². The first-order valence-electron chi connectivity index (χ1n) is 7.92. The van der Waals surface area contributed by atoms with Crippen LogP contribution in [0.3, 0.4) is 0 Å². The summed E-state index contributed by atoms with van der Waals surface area (Å²) < 4.78 is 0. The van der Waals surface area contributed by atoms with Crippen molar-refractivity contribution in [2.75, 3.05) is 13.1 Å². The summed E-state index contributed by atoms with van der Waals surface area (Å²) in [5.41, 5.74) is 1.06. The molecule has 7 heteroatoms. The number of benzene rings is 1. The molecule has 130 valence electrons. The lowest BCUT2D eigenvalue weighted by molar-refractivity contribution is -0.384. The summed E-state index contributed by atoms with van der Waals surface area (Å²) in [5.74, 6) is 0.802. The standard InChI is InChI=1S/C16H26N4O2.HI/c1-3-5-6-12-18-16(17-11-4-2)19-13-14-7-9-15(10-8-14)20(21)22;/h7-10H,3-6,11-13H2,1-2H3,(H2,17,18,19);1H. The zero-order valence-electron chi connectivity index (χ0n) is 13.9. The fraction of sp³-hybridized carbons (Fsp3) is 0.562. The molecule has 0 amide bonds. The van der Waals surface area contributed by atoms with E-state index in [4.69, 9.17) is 0 Å². The fourth-order valence-corrected chi connectivity index (χ4v) is 1.89. The van der Waals surface area contributed by atoms with Gasteiger partial charge in [0, 0.05) is 25.2 Å². The molecule has 1 rings (SSSR count). The third-order valence-corrected chi connectivity index (χ3v) is 3.18. The predicted molar refractivity (Wildman–Crippen MR) is 105 cm³/mol. The van der Waals surface area contributed by atoms with Crippen LogP contribution in [0.5, 0.6) is 0 Å². The van der Waals surface area contributed by atoms with Crippen molar-refractivity contribution in [3.8, 4) is 0 Å². The number of halogens is 1. The lowest BCUT2D eigenvalue weighted by Crippen LogP contribution is -2.38. The molecule has 0 aliphatic rings. The molecule has 23 heavy (non-hydrogen) atoms. The van der Waals surface area contributed by atoms with Gasteiger partial charge in [0.2, 0.25) is 0 Å². The van der Waals surface area contributed by atoms with Crippen molar-refractivity contribution in [3.63, 3.8) is 0 Å². The number of nitro benzene ring substituents is 1. The van der Waals surface area contributed by atoms with Gasteiger partial charge in [0.25, 0.3) is 5.69 Å². The van der Waals surface area contributed by atoms with Gasteiger partial charge in [-0.3, -0.25) is 10.1 Å². The Hall–Kier alpha value is -1.38. The second-order valence-corrected chi connectivity index (χ2v) is 5.15. The number of hydrogen-bond acceptors (Lipinski definition) is 3. The maximum absolute atomic E-state index is 10.6. The summed E-state index contributed by atoms with van der Waals surface area (Å²) >= 11 is 0. The van der Waals surface area contributed by atoms with Gasteiger partial charge in [0.05, 0.1) is 11.5 Å². The Morgan fingerprint density at radius 1 is 1.09 bits per heavy atom. The molecule has 0 heterocycles. The molecule has 0 aliphatic heterocycles. The number of aliphatic imine (C=N–C) groups is 1. The van der Waals surface area contributed by atoms with Crippen molar-refractivity contribution in [2.45, 2.75) is 46.1 Å². The van der Waals surface area contributed by atoms with Crippen LogP contribution in [0, 0.1) is 10.1 Å². The lowest BCUT2D eigenvalue weighted by atomic mass is 10.2. The van der Waals surface area contributed by atoms with Gasteiger partial charge in [-0.2, -0.15) is 0 Å². The molecule has 2 N–H and O–H groups in total. The topological polar surface area (TPSA) is 79.6 Å². The van der Waals surface area contributed by atoms with Gasteiger partial charge in [-0.05, 0) is 18.4 Å². The summed E-state index contributed by atoms with van der Waals surface area (Å²) in [6.45, 7) is 6.57. The van der Waals surface area contributed by atoms with E-state index in [9.17, 15) is 10.1 Å². The summed E-state index contributed by atoms with van der Waals surface area (Å²) in [4.78, 5) is 14.8. The van der Waals surface area contributed by atoms with Gasteiger partial charge in [-0.15, -0.1) is 24.0 Å². The van der Waals surface area contributed by atoms with Gasteiger partial charge < -0.3 is 10.6 Å². The molecule has 0 saturated heterocycles. The van der Waals surface area contributed by atoms with E-state index in [-0.39, 0.29) is 29.7 Å². The van der Waals surface area contributed by atoms with Crippen LogP contribution >= 0.6 is 24.0 Å². The second-order valence-electron chi connectivity index (χ2n) is 5.15. The van der Waals surface area contributed by atoms with E-state index in [1.165, 1.54) is 25.0 Å². The highest BCUT2D eigenvalue weighted by Gasteiger charge is 2.04. The lowest BCUT2D eigenvalue weighted by Gasteiger charge is -2.11. The second kappa shape index (κ2) is 13.1. The number of non-ortho nitro benzene ring substituents is 1. The third-order valence-electron chi connectivity index (χ3n) is 3.18. The molecule has 0 atom stereocenters. The van der Waals surface area contributed by atoms with Gasteiger partial charge in [-0.1, -0.05) is 38.8 Å². The monoisotopic (exact) mass is 434 g/mol. The molecule has 1 aromatic carbocycles. The highest BCUT2D eigenvalue weighted by Crippen LogP contribution is 2.12. The normalized spacial score (nSPS) is 10.8. The van der Waals surface area contributed by atoms with E-state index < -0.39 is 4.92 Å². The molecule has 0 fully saturated rings. The molecule has 6 nitrogen and oxygen atoms in total. The first-order chi connectivity index (χ1) is 10.7. The van der Waals surface area contributed by atoms with Crippen LogP contribution in [0.15, 0.2) is 29.3 Å². The van der Waals surface area contributed by atoms with Crippen molar-refractivity contribution in [3.05, 3.63) is 39.9 Å². The Bertz CT molecular complexity index is 477. The van der Waals surface area contributed by atoms with Crippen LogP contribution in [-0.2, 0) is 6.54 Å². The molecule has 0 saturated carbocycles. The quantitative estimate of drug-likeness (QED) is 0.155. The Morgan fingerprint density at radius 2 is 1.74 bits per heavy atom. The number of nitrogens with zero attached hydrogens (tertiary/aromatic N) is 2. The van der Waals surface area contributed by atoms with E-state index in [1.807, 2.05) is 0 Å². The van der Waals surface area contributed by atoms with Gasteiger partial charge in [-0.25, -0.2) is 4.99 Å². The molecule has 1 aromatic rings. The van der Waals surface area contributed by atoms with E-state index in [0.29, 0.717) is 6.54 Å². The predicted octanol–water partition coefficient (Wildman–Crippen LogP) is 3.85. The number of nitro groups is 1. The van der Waals surface area contributed by atoms with Crippen LogP contribution in [0.25, 0.3) is 0 Å². The number of hydrogen-bond donors (Lipinski definition) is 2. The fourth-order valence-electron chi connectivity index (χ4n) is 1.89. The zero-order chi connectivity index (χ0) is 16.2. The minimum absolute atomic E-state index is 0. The van der Waals surface area contributed by atoms with Crippen molar-refractivity contribution in [1.82, 2.24) is 10.6 Å². The van der Waals surface area contributed by atoms with E-state index in [2.05, 4.69) is 29.5 Å². The first kappa shape index (κ1) is 21.6. The SMILES string of the molecule is CCCCCNC(=NCc1ccc([N+](=O)[O-])cc1)NCCC.I. The highest BCUT2D eigenvalue weighted by atomic mass is 127. The Balaban J connectivity index is 0.00000484. The van der Waals surface area contributed by atoms with Crippen molar-refractivity contribution in [2.24, 2.45) is 4.99 Å². The average Bonchev–Trinajstić information content (AvgIpc) is 2.53. The van der Waals surface area contributed by atoms with E-state index in [0.717, 1.165) is 37.5 Å². The Kier molecular flexibility index (Phi) is 12.3. The van der Waals surface area contributed by atoms with Crippen LogP contribution in [-0.4, -0.2) is 24.0 Å². The summed E-state index contributed by atoms with van der Waals surface area (Å²) in [6, 6.07) is 6.52. The minimum atomic E-state index is -0.392. The molecule has 0 spiro atoms. The average molecular weight is 434 g/mol. The summed E-state index contributed by atoms with van der Waals surface area (Å²) in [7, 11) is 0. The molecule has 0 radical (unpaired) electrons. The van der Waals surface area contributed by atoms with Gasteiger partial charge >= 0.3 is 0 Å². The molecule has 0 aliphatic carbocycles. The van der Waals surface area contributed by atoms with Crippen molar-refractivity contribution < 1.29 is 4.92 Å². The van der Waals surface area contributed by atoms with Gasteiger partial charge in [0.1, 0.15) is 0 Å². The van der Waals surface area contributed by atoms with Gasteiger partial charge in [0.15, 0.2) is 5.96 Å². The van der Waals surface area contributed by atoms with E-state index in [1.54, 1.807) is 12.1 Å². The molecule has 0 unspecified atom stereocenters. The van der Waals surface area contributed by atoms with Crippen LogP contribution in [0.1, 0.15) is 45.1 Å². The first-order valence-corrected chi connectivity index (χ1v) is 7.92. The Labute approximate surface area is 155 Å². The minimum Gasteiger partial charge on any atom is -0.356 e. The summed E-state index contributed by atoms with van der Waals surface area (Å²) in [6.07, 6.45) is 4.56. The molecule has 0 bridgehead atoms. The van der Waals surface area contributed by atoms with Crippen molar-refractivity contribution >= 4 is 35.6 Å². The number of nitrogens with one attached hydrogen (secondary N) is 2. The van der Waals surface area contributed by atoms with Crippen molar-refractivity contribution in [1.29, 1.82) is 0 Å². The van der Waals surface area contributed by atoms with E-state index >= 15 is 0 Å². The highest BCUT2D eigenvalue weighted by molar-refractivity contribution is 14.0. The molecular formula is C16H27IN4O2. The number of rotatable bonds is 9. The van der Waals surface area contributed by atoms with Crippen LogP contribution in [0.4, 0.5) is 5.69 Å². The zero-order valence-corrected chi connectivity index (χ0v) is 16.2. The molecular weight excluding hydrogens is 407 g/mol. The number of unbranched alkanes of at least 4 members (excludes halogenated alkanes) is 2. The smallest absolute Gasteiger partial charge is 0.269 e. The Morgan fingerprint density at radius 3 is 2.30 bits per heavy atom.